The highest BCUT2D eigenvalue weighted by atomic mass is 16.5. The standard InChI is InChI=1S/C12H13NO3/c14-10-6-7-12(15)8-16-11(13(10)12)9-4-2-1-3-5-9/h1-5,11,15H,6-8H2/t11-,12-/m1/s1. The second-order valence-corrected chi connectivity index (χ2v) is 4.32. The van der Waals surface area contributed by atoms with Gasteiger partial charge in [-0.2, -0.15) is 0 Å². The van der Waals surface area contributed by atoms with Crippen LogP contribution < -0.4 is 0 Å². The van der Waals surface area contributed by atoms with E-state index in [2.05, 4.69) is 0 Å². The molecule has 1 aromatic rings. The third-order valence-corrected chi connectivity index (χ3v) is 3.25. The van der Waals surface area contributed by atoms with Gasteiger partial charge in [-0.3, -0.25) is 9.69 Å². The summed E-state index contributed by atoms with van der Waals surface area (Å²) < 4.78 is 5.53. The summed E-state index contributed by atoms with van der Waals surface area (Å²) in [5.74, 6) is -0.0335. The Kier molecular flexibility index (Phi) is 2.02. The van der Waals surface area contributed by atoms with Crippen molar-refractivity contribution in [1.82, 2.24) is 4.90 Å². The van der Waals surface area contributed by atoms with Crippen molar-refractivity contribution in [3.05, 3.63) is 35.9 Å². The highest BCUT2D eigenvalue weighted by molar-refractivity contribution is 5.80. The molecular weight excluding hydrogens is 206 g/mol. The van der Waals surface area contributed by atoms with Crippen molar-refractivity contribution in [3.8, 4) is 0 Å². The summed E-state index contributed by atoms with van der Waals surface area (Å²) in [6.45, 7) is 0.207. The number of hydrogen-bond acceptors (Lipinski definition) is 3. The molecule has 0 unspecified atom stereocenters. The summed E-state index contributed by atoms with van der Waals surface area (Å²) in [5.41, 5.74) is -0.175. The van der Waals surface area contributed by atoms with E-state index in [0.717, 1.165) is 5.56 Å². The van der Waals surface area contributed by atoms with Gasteiger partial charge in [0, 0.05) is 18.4 Å². The summed E-state index contributed by atoms with van der Waals surface area (Å²) >= 11 is 0. The van der Waals surface area contributed by atoms with Crippen LogP contribution in [0.3, 0.4) is 0 Å². The van der Waals surface area contributed by atoms with Gasteiger partial charge in [-0.25, -0.2) is 0 Å². The van der Waals surface area contributed by atoms with Crippen LogP contribution in [0.15, 0.2) is 30.3 Å². The summed E-state index contributed by atoms with van der Waals surface area (Å²) in [7, 11) is 0. The van der Waals surface area contributed by atoms with Crippen molar-refractivity contribution in [3.63, 3.8) is 0 Å². The van der Waals surface area contributed by atoms with Crippen molar-refractivity contribution in [1.29, 1.82) is 0 Å². The molecule has 0 saturated carbocycles. The van der Waals surface area contributed by atoms with E-state index in [1.54, 1.807) is 0 Å². The summed E-state index contributed by atoms with van der Waals surface area (Å²) in [6.07, 6.45) is 0.444. The topological polar surface area (TPSA) is 49.8 Å². The summed E-state index contributed by atoms with van der Waals surface area (Å²) in [6, 6.07) is 9.52. The molecular formula is C12H13NO3. The molecule has 0 aliphatic carbocycles. The van der Waals surface area contributed by atoms with Crippen LogP contribution in [0.25, 0.3) is 0 Å². The lowest BCUT2D eigenvalue weighted by Crippen LogP contribution is -2.43. The molecule has 2 aliphatic rings. The van der Waals surface area contributed by atoms with Crippen LogP contribution in [0, 0.1) is 0 Å². The second-order valence-electron chi connectivity index (χ2n) is 4.32. The predicted octanol–water partition coefficient (Wildman–Crippen LogP) is 1.03. The zero-order valence-corrected chi connectivity index (χ0v) is 8.80. The Morgan fingerprint density at radius 1 is 1.38 bits per heavy atom. The van der Waals surface area contributed by atoms with Crippen molar-refractivity contribution in [2.24, 2.45) is 0 Å². The number of ether oxygens (including phenoxy) is 1. The first-order valence-electron chi connectivity index (χ1n) is 5.42. The van der Waals surface area contributed by atoms with E-state index in [1.165, 1.54) is 4.90 Å². The molecule has 1 N–H and O–H groups in total. The predicted molar refractivity (Wildman–Crippen MR) is 56.2 cm³/mol. The molecule has 0 spiro atoms. The SMILES string of the molecule is O=C1CC[C@@]2(O)CO[C@H](c3ccccc3)N12. The van der Waals surface area contributed by atoms with E-state index in [0.29, 0.717) is 12.8 Å². The number of aliphatic hydroxyl groups is 1. The number of amides is 1. The molecule has 1 amide bonds. The minimum atomic E-state index is -1.09. The molecule has 2 heterocycles. The lowest BCUT2D eigenvalue weighted by Gasteiger charge is -2.27. The molecule has 0 radical (unpaired) electrons. The number of carbonyl (C=O) groups is 1. The number of hydrogen-bond donors (Lipinski definition) is 1. The molecule has 4 heteroatoms. The van der Waals surface area contributed by atoms with Gasteiger partial charge in [-0.05, 0) is 0 Å². The van der Waals surface area contributed by atoms with E-state index in [1.807, 2.05) is 30.3 Å². The first-order valence-corrected chi connectivity index (χ1v) is 5.42. The van der Waals surface area contributed by atoms with E-state index in [4.69, 9.17) is 4.74 Å². The maximum atomic E-state index is 11.7. The van der Waals surface area contributed by atoms with Gasteiger partial charge < -0.3 is 9.84 Å². The molecule has 1 aromatic carbocycles. The number of nitrogens with zero attached hydrogens (tertiary/aromatic N) is 1. The minimum Gasteiger partial charge on any atom is -0.368 e. The van der Waals surface area contributed by atoms with Crippen molar-refractivity contribution >= 4 is 5.91 Å². The van der Waals surface area contributed by atoms with Crippen LogP contribution in [0.5, 0.6) is 0 Å². The number of benzene rings is 1. The summed E-state index contributed by atoms with van der Waals surface area (Å²) in [5, 5.41) is 10.2. The molecule has 4 nitrogen and oxygen atoms in total. The highest BCUT2D eigenvalue weighted by Crippen LogP contribution is 2.42. The Bertz CT molecular complexity index is 420. The minimum absolute atomic E-state index is 0.0335. The van der Waals surface area contributed by atoms with Crippen LogP contribution in [-0.4, -0.2) is 28.2 Å². The van der Waals surface area contributed by atoms with Crippen LogP contribution in [0.4, 0.5) is 0 Å². The van der Waals surface area contributed by atoms with Crippen molar-refractivity contribution < 1.29 is 14.6 Å². The average molecular weight is 219 g/mol. The summed E-state index contributed by atoms with van der Waals surface area (Å²) in [4.78, 5) is 13.2. The lowest BCUT2D eigenvalue weighted by atomic mass is 10.1. The smallest absolute Gasteiger partial charge is 0.227 e. The Balaban J connectivity index is 1.97. The van der Waals surface area contributed by atoms with Gasteiger partial charge in [0.1, 0.15) is 0 Å². The maximum absolute atomic E-state index is 11.7. The number of fused-ring (bicyclic) bond motifs is 1. The Labute approximate surface area is 93.4 Å². The average Bonchev–Trinajstić information content (AvgIpc) is 2.78. The van der Waals surface area contributed by atoms with Gasteiger partial charge in [0.2, 0.25) is 5.91 Å². The Morgan fingerprint density at radius 2 is 2.12 bits per heavy atom. The highest BCUT2D eigenvalue weighted by Gasteiger charge is 2.53. The zero-order chi connectivity index (χ0) is 11.2. The first-order chi connectivity index (χ1) is 7.71. The third-order valence-electron chi connectivity index (χ3n) is 3.25. The van der Waals surface area contributed by atoms with Gasteiger partial charge in [0.05, 0.1) is 6.61 Å². The normalized spacial score (nSPS) is 33.2. The molecule has 2 atom stereocenters. The van der Waals surface area contributed by atoms with Gasteiger partial charge in [0.15, 0.2) is 12.0 Å². The maximum Gasteiger partial charge on any atom is 0.227 e. The quantitative estimate of drug-likeness (QED) is 0.767. The largest absolute Gasteiger partial charge is 0.368 e. The lowest BCUT2D eigenvalue weighted by molar-refractivity contribution is -0.144. The van der Waals surface area contributed by atoms with E-state index in [9.17, 15) is 9.90 Å². The molecule has 16 heavy (non-hydrogen) atoms. The molecule has 3 rings (SSSR count). The molecule has 2 aliphatic heterocycles. The van der Waals surface area contributed by atoms with Gasteiger partial charge in [-0.1, -0.05) is 30.3 Å². The first kappa shape index (κ1) is 9.81. The third kappa shape index (κ3) is 1.27. The monoisotopic (exact) mass is 219 g/mol. The van der Waals surface area contributed by atoms with E-state index in [-0.39, 0.29) is 12.5 Å². The second kappa shape index (κ2) is 3.30. The fourth-order valence-electron chi connectivity index (χ4n) is 2.42. The fourth-order valence-corrected chi connectivity index (χ4v) is 2.42. The number of rotatable bonds is 1. The number of carbonyl (C=O) groups excluding carboxylic acids is 1. The van der Waals surface area contributed by atoms with E-state index >= 15 is 0 Å². The van der Waals surface area contributed by atoms with Crippen molar-refractivity contribution in [2.75, 3.05) is 6.61 Å². The molecule has 84 valence electrons. The van der Waals surface area contributed by atoms with Crippen molar-refractivity contribution in [2.45, 2.75) is 24.8 Å². The van der Waals surface area contributed by atoms with Crippen LogP contribution >= 0.6 is 0 Å². The Hall–Kier alpha value is -1.39. The molecule has 2 fully saturated rings. The van der Waals surface area contributed by atoms with Gasteiger partial charge in [-0.15, -0.1) is 0 Å². The Morgan fingerprint density at radius 3 is 2.88 bits per heavy atom. The van der Waals surface area contributed by atoms with E-state index < -0.39 is 12.0 Å². The van der Waals surface area contributed by atoms with Crippen LogP contribution in [0.1, 0.15) is 24.6 Å². The molecule has 0 bridgehead atoms. The van der Waals surface area contributed by atoms with Crippen LogP contribution in [0.2, 0.25) is 0 Å². The van der Waals surface area contributed by atoms with Gasteiger partial charge >= 0.3 is 0 Å². The molecule has 0 aromatic heterocycles. The zero-order valence-electron chi connectivity index (χ0n) is 8.80. The van der Waals surface area contributed by atoms with Crippen LogP contribution in [-0.2, 0) is 9.53 Å². The fraction of sp³-hybridized carbons (Fsp3) is 0.417. The van der Waals surface area contributed by atoms with Gasteiger partial charge in [0.25, 0.3) is 0 Å². The molecule has 2 saturated heterocycles.